The molecule has 0 spiro atoms. The van der Waals surface area contributed by atoms with Crippen LogP contribution in [0.5, 0.6) is 0 Å². The quantitative estimate of drug-likeness (QED) is 0.837. The fourth-order valence-electron chi connectivity index (χ4n) is 2.36. The van der Waals surface area contributed by atoms with Crippen molar-refractivity contribution in [3.8, 4) is 0 Å². The lowest BCUT2D eigenvalue weighted by Crippen LogP contribution is -2.43. The van der Waals surface area contributed by atoms with Crippen LogP contribution >= 0.6 is 11.3 Å². The molecule has 0 aromatic carbocycles. The second-order valence-corrected chi connectivity index (χ2v) is 7.49. The lowest BCUT2D eigenvalue weighted by molar-refractivity contribution is -0.148. The summed E-state index contributed by atoms with van der Waals surface area (Å²) in [5, 5.41) is 6.18. The first-order chi connectivity index (χ1) is 10.3. The van der Waals surface area contributed by atoms with E-state index in [-0.39, 0.29) is 23.5 Å². The number of hydrogen-bond donors (Lipinski definition) is 2. The first-order valence-electron chi connectivity index (χ1n) is 7.53. The number of aryl methyl sites for hydroxylation is 1. The largest absolute Gasteiger partial charge is 0.466 e. The number of hydrogen-bond acceptors (Lipinski definition) is 5. The summed E-state index contributed by atoms with van der Waals surface area (Å²) >= 11 is 1.44. The van der Waals surface area contributed by atoms with Gasteiger partial charge in [-0.05, 0) is 47.0 Å². The number of rotatable bonds is 3. The Balaban J connectivity index is 1.99. The van der Waals surface area contributed by atoms with Crippen LogP contribution in [-0.2, 0) is 22.4 Å². The summed E-state index contributed by atoms with van der Waals surface area (Å²) < 4.78 is 5.09. The molecule has 2 N–H and O–H groups in total. The van der Waals surface area contributed by atoms with E-state index in [1.807, 2.05) is 27.7 Å². The highest BCUT2D eigenvalue weighted by Gasteiger charge is 2.28. The number of nitrogens with zero attached hydrogens (tertiary/aromatic N) is 1. The van der Waals surface area contributed by atoms with Gasteiger partial charge in [-0.3, -0.25) is 10.1 Å². The molecule has 1 aromatic heterocycles. The maximum atomic E-state index is 11.9. The van der Waals surface area contributed by atoms with Crippen LogP contribution in [0.3, 0.4) is 0 Å². The highest BCUT2D eigenvalue weighted by Crippen LogP contribution is 2.32. The van der Waals surface area contributed by atoms with Crippen molar-refractivity contribution in [3.63, 3.8) is 0 Å². The third-order valence-corrected chi connectivity index (χ3v) is 4.30. The highest BCUT2D eigenvalue weighted by molar-refractivity contribution is 7.15. The lowest BCUT2D eigenvalue weighted by atomic mass is 9.91. The summed E-state index contributed by atoms with van der Waals surface area (Å²) in [7, 11) is 0. The van der Waals surface area contributed by atoms with Crippen LogP contribution in [0.2, 0.25) is 0 Å². The van der Waals surface area contributed by atoms with Crippen LogP contribution < -0.4 is 10.6 Å². The summed E-state index contributed by atoms with van der Waals surface area (Å²) in [6, 6.07) is -0.263. The topological polar surface area (TPSA) is 80.3 Å². The number of urea groups is 1. The van der Waals surface area contributed by atoms with Crippen molar-refractivity contribution in [2.45, 2.75) is 52.5 Å². The van der Waals surface area contributed by atoms with Crippen LogP contribution in [0.1, 0.15) is 44.7 Å². The Labute approximate surface area is 134 Å². The van der Waals surface area contributed by atoms with Gasteiger partial charge in [-0.2, -0.15) is 0 Å². The van der Waals surface area contributed by atoms with E-state index < -0.39 is 0 Å². The minimum absolute atomic E-state index is 0.0934. The summed E-state index contributed by atoms with van der Waals surface area (Å²) in [6.45, 7) is 7.98. The molecule has 1 atom stereocenters. The molecule has 1 unspecified atom stereocenters. The number of esters is 1. The van der Waals surface area contributed by atoms with E-state index in [2.05, 4.69) is 15.6 Å². The fourth-order valence-corrected chi connectivity index (χ4v) is 3.44. The number of ether oxygens (including phenoxy) is 1. The van der Waals surface area contributed by atoms with Gasteiger partial charge in [0.25, 0.3) is 0 Å². The Morgan fingerprint density at radius 2 is 2.14 bits per heavy atom. The smallest absolute Gasteiger partial charge is 0.321 e. The van der Waals surface area contributed by atoms with E-state index >= 15 is 0 Å². The van der Waals surface area contributed by atoms with E-state index in [4.69, 9.17) is 4.74 Å². The Kier molecular flexibility index (Phi) is 5.05. The van der Waals surface area contributed by atoms with Gasteiger partial charge in [-0.15, -0.1) is 11.3 Å². The van der Waals surface area contributed by atoms with E-state index in [0.29, 0.717) is 18.2 Å². The zero-order chi connectivity index (χ0) is 16.3. The highest BCUT2D eigenvalue weighted by atomic mass is 32.1. The molecule has 6 nitrogen and oxygen atoms in total. The molecule has 0 bridgehead atoms. The Morgan fingerprint density at radius 3 is 2.77 bits per heavy atom. The summed E-state index contributed by atoms with van der Waals surface area (Å²) in [5.74, 6) is -0.231. The lowest BCUT2D eigenvalue weighted by Gasteiger charge is -2.20. The van der Waals surface area contributed by atoms with Crippen LogP contribution in [0.4, 0.5) is 9.93 Å². The number of thiazole rings is 1. The number of anilines is 1. The first-order valence-corrected chi connectivity index (χ1v) is 8.34. The second kappa shape index (κ2) is 6.64. The van der Waals surface area contributed by atoms with Crippen molar-refractivity contribution in [2.75, 3.05) is 11.9 Å². The van der Waals surface area contributed by atoms with Gasteiger partial charge in [-0.1, -0.05) is 0 Å². The maximum absolute atomic E-state index is 11.9. The minimum atomic E-state index is -0.296. The van der Waals surface area contributed by atoms with Crippen molar-refractivity contribution in [3.05, 3.63) is 10.6 Å². The molecule has 0 fully saturated rings. The molecule has 0 aliphatic heterocycles. The molecule has 1 aromatic rings. The molecule has 2 amide bonds. The third kappa shape index (κ3) is 4.43. The zero-order valence-electron chi connectivity index (χ0n) is 13.5. The van der Waals surface area contributed by atoms with E-state index in [9.17, 15) is 9.59 Å². The average Bonchev–Trinajstić information content (AvgIpc) is 2.77. The van der Waals surface area contributed by atoms with Gasteiger partial charge >= 0.3 is 12.0 Å². The van der Waals surface area contributed by atoms with Gasteiger partial charge < -0.3 is 10.1 Å². The number of carbonyl (C=O) groups excluding carboxylic acids is 2. The summed E-state index contributed by atoms with van der Waals surface area (Å²) in [5.41, 5.74) is 0.687. The van der Waals surface area contributed by atoms with Crippen molar-refractivity contribution >= 4 is 28.5 Å². The van der Waals surface area contributed by atoms with Crippen LogP contribution in [0, 0.1) is 5.92 Å². The Morgan fingerprint density at radius 1 is 1.41 bits per heavy atom. The molecule has 1 heterocycles. The number of fused-ring (bicyclic) bond motifs is 1. The molecule has 7 heteroatoms. The predicted molar refractivity (Wildman–Crippen MR) is 86.2 cm³/mol. The van der Waals surface area contributed by atoms with E-state index in [1.165, 1.54) is 11.3 Å². The number of nitrogens with one attached hydrogen (secondary N) is 2. The van der Waals surface area contributed by atoms with Crippen molar-refractivity contribution in [2.24, 2.45) is 5.92 Å². The molecule has 122 valence electrons. The standard InChI is InChI=1S/C15H23N3O3S/c1-5-21-12(19)9-6-7-10-11(8-9)22-14(16-10)17-13(20)18-15(2,3)4/h9H,5-8H2,1-4H3,(H2,16,17,18,20). The van der Waals surface area contributed by atoms with Gasteiger partial charge in [0.1, 0.15) is 0 Å². The van der Waals surface area contributed by atoms with Crippen LogP contribution in [0.15, 0.2) is 0 Å². The zero-order valence-corrected chi connectivity index (χ0v) is 14.3. The van der Waals surface area contributed by atoms with Gasteiger partial charge in [0, 0.05) is 10.4 Å². The molecule has 0 saturated heterocycles. The third-order valence-electron chi connectivity index (χ3n) is 3.27. The van der Waals surface area contributed by atoms with Gasteiger partial charge in [0.2, 0.25) is 0 Å². The second-order valence-electron chi connectivity index (χ2n) is 6.41. The first kappa shape index (κ1) is 16.7. The number of amides is 2. The molecule has 1 aliphatic rings. The minimum Gasteiger partial charge on any atom is -0.466 e. The number of carbonyl (C=O) groups is 2. The van der Waals surface area contributed by atoms with Crippen molar-refractivity contribution in [1.29, 1.82) is 0 Å². The predicted octanol–water partition coefficient (Wildman–Crippen LogP) is 2.73. The van der Waals surface area contributed by atoms with Crippen LogP contribution in [-0.4, -0.2) is 29.1 Å². The molecule has 22 heavy (non-hydrogen) atoms. The SMILES string of the molecule is CCOC(=O)C1CCc2nc(NC(=O)NC(C)(C)C)sc2C1. The summed E-state index contributed by atoms with van der Waals surface area (Å²) in [6.07, 6.45) is 2.15. The van der Waals surface area contributed by atoms with Crippen LogP contribution in [0.25, 0.3) is 0 Å². The average molecular weight is 325 g/mol. The monoisotopic (exact) mass is 325 g/mol. The Hall–Kier alpha value is -1.63. The molecular formula is C15H23N3O3S. The van der Waals surface area contributed by atoms with Gasteiger partial charge in [0.15, 0.2) is 5.13 Å². The molecular weight excluding hydrogens is 302 g/mol. The van der Waals surface area contributed by atoms with E-state index in [1.54, 1.807) is 0 Å². The maximum Gasteiger partial charge on any atom is 0.321 e. The normalized spacial score (nSPS) is 17.5. The number of aromatic nitrogens is 1. The van der Waals surface area contributed by atoms with Gasteiger partial charge in [0.05, 0.1) is 18.2 Å². The van der Waals surface area contributed by atoms with E-state index in [0.717, 1.165) is 23.4 Å². The molecule has 0 saturated carbocycles. The molecule has 1 aliphatic carbocycles. The van der Waals surface area contributed by atoms with Crippen molar-refractivity contribution < 1.29 is 14.3 Å². The fraction of sp³-hybridized carbons (Fsp3) is 0.667. The summed E-state index contributed by atoms with van der Waals surface area (Å²) in [4.78, 5) is 29.2. The Bertz CT molecular complexity index is 563. The van der Waals surface area contributed by atoms with Gasteiger partial charge in [-0.25, -0.2) is 9.78 Å². The van der Waals surface area contributed by atoms with Crippen molar-refractivity contribution in [1.82, 2.24) is 10.3 Å². The molecule has 2 rings (SSSR count). The molecule has 0 radical (unpaired) electrons.